The van der Waals surface area contributed by atoms with Crippen LogP contribution in [0.2, 0.25) is 0 Å². The molecule has 1 atom stereocenters. The molecule has 0 unspecified atom stereocenters. The highest BCUT2D eigenvalue weighted by atomic mass is 32.1. The normalized spacial score (nSPS) is 12.3. The number of aromatic amines is 1. The minimum absolute atomic E-state index is 0.0590. The Morgan fingerprint density at radius 2 is 2.04 bits per heavy atom. The van der Waals surface area contributed by atoms with Crippen LogP contribution in [0.15, 0.2) is 35.1 Å². The van der Waals surface area contributed by atoms with E-state index in [4.69, 9.17) is 4.74 Å². The second-order valence-corrected chi connectivity index (χ2v) is 7.69. The largest absolute Gasteiger partial charge is 0.454 e. The molecule has 0 aliphatic carbocycles. The van der Waals surface area contributed by atoms with Crippen molar-refractivity contribution in [1.29, 1.82) is 0 Å². The van der Waals surface area contributed by atoms with Crippen molar-refractivity contribution in [3.05, 3.63) is 62.5 Å². The van der Waals surface area contributed by atoms with Crippen LogP contribution in [0.1, 0.15) is 46.9 Å². The van der Waals surface area contributed by atoms with Gasteiger partial charge in [0.2, 0.25) is 0 Å². The molecule has 0 amide bonds. The molecule has 6 heteroatoms. The first-order valence-corrected chi connectivity index (χ1v) is 9.54. The highest BCUT2D eigenvalue weighted by Crippen LogP contribution is 2.29. The highest BCUT2D eigenvalue weighted by molar-refractivity contribution is 7.18. The van der Waals surface area contributed by atoms with E-state index >= 15 is 0 Å². The van der Waals surface area contributed by atoms with Crippen LogP contribution >= 0.6 is 11.3 Å². The first-order chi connectivity index (χ1) is 12.5. The van der Waals surface area contributed by atoms with Crippen molar-refractivity contribution in [3.63, 3.8) is 0 Å². The van der Waals surface area contributed by atoms with E-state index in [-0.39, 0.29) is 12.2 Å². The molecule has 3 aromatic rings. The maximum absolute atomic E-state index is 12.6. The van der Waals surface area contributed by atoms with Crippen LogP contribution in [0, 0.1) is 12.8 Å². The summed E-state index contributed by atoms with van der Waals surface area (Å²) in [6.07, 6.45) is 1.94. The van der Waals surface area contributed by atoms with E-state index in [2.05, 4.69) is 23.8 Å². The summed E-state index contributed by atoms with van der Waals surface area (Å²) < 4.78 is 5.27. The van der Waals surface area contributed by atoms with Gasteiger partial charge < -0.3 is 9.72 Å². The Kier molecular flexibility index (Phi) is 5.52. The Morgan fingerprint density at radius 3 is 2.73 bits per heavy atom. The maximum atomic E-state index is 12.6. The zero-order chi connectivity index (χ0) is 18.7. The lowest BCUT2D eigenvalue weighted by Gasteiger charge is -2.08. The van der Waals surface area contributed by atoms with Crippen LogP contribution < -0.4 is 5.56 Å². The number of aryl methyl sites for hydroxylation is 1. The fraction of sp³-hybridized carbons (Fsp3) is 0.350. The fourth-order valence-corrected chi connectivity index (χ4v) is 3.89. The van der Waals surface area contributed by atoms with Crippen LogP contribution in [0.3, 0.4) is 0 Å². The van der Waals surface area contributed by atoms with Gasteiger partial charge in [-0.3, -0.25) is 4.79 Å². The first kappa shape index (κ1) is 18.3. The maximum Gasteiger partial charge on any atom is 0.338 e. The molecule has 0 spiro atoms. The van der Waals surface area contributed by atoms with E-state index in [1.807, 2.05) is 13.0 Å². The molecule has 0 saturated heterocycles. The zero-order valence-electron chi connectivity index (χ0n) is 15.2. The molecule has 0 fully saturated rings. The molecule has 1 aromatic carbocycles. The average Bonchev–Trinajstić information content (AvgIpc) is 2.96. The summed E-state index contributed by atoms with van der Waals surface area (Å²) in [4.78, 5) is 33.7. The number of H-pyrrole nitrogens is 1. The van der Waals surface area contributed by atoms with Gasteiger partial charge in [-0.2, -0.15) is 0 Å². The molecule has 0 radical (unpaired) electrons. The van der Waals surface area contributed by atoms with E-state index in [0.29, 0.717) is 27.5 Å². The summed E-state index contributed by atoms with van der Waals surface area (Å²) in [5, 5.41) is 0.672. The number of thiophene rings is 1. The van der Waals surface area contributed by atoms with Gasteiger partial charge in [-0.1, -0.05) is 38.5 Å². The number of ether oxygens (including phenoxy) is 1. The predicted molar refractivity (Wildman–Crippen MR) is 104 cm³/mol. The number of benzene rings is 1. The van der Waals surface area contributed by atoms with Crippen LogP contribution in [-0.2, 0) is 17.8 Å². The summed E-state index contributed by atoms with van der Waals surface area (Å²) in [7, 11) is 0. The molecule has 0 aliphatic rings. The van der Waals surface area contributed by atoms with Gasteiger partial charge in [-0.15, -0.1) is 11.3 Å². The number of carbonyl (C=O) groups excluding carboxylic acids is 1. The highest BCUT2D eigenvalue weighted by Gasteiger charge is 2.17. The average molecular weight is 370 g/mol. The topological polar surface area (TPSA) is 72.0 Å². The first-order valence-electron chi connectivity index (χ1n) is 8.73. The van der Waals surface area contributed by atoms with E-state index < -0.39 is 5.97 Å². The van der Waals surface area contributed by atoms with Crippen molar-refractivity contribution in [2.45, 2.75) is 40.2 Å². The zero-order valence-corrected chi connectivity index (χ0v) is 16.0. The van der Waals surface area contributed by atoms with E-state index in [0.717, 1.165) is 23.3 Å². The number of aromatic nitrogens is 2. The van der Waals surface area contributed by atoms with Gasteiger partial charge in [-0.05, 0) is 37.0 Å². The number of nitrogens with zero attached hydrogens (tertiary/aromatic N) is 1. The van der Waals surface area contributed by atoms with E-state index in [1.165, 1.54) is 11.3 Å². The molecule has 136 valence electrons. The van der Waals surface area contributed by atoms with Crippen molar-refractivity contribution in [2.24, 2.45) is 5.92 Å². The fourth-order valence-electron chi connectivity index (χ4n) is 2.82. The number of hydrogen-bond donors (Lipinski definition) is 1. The van der Waals surface area contributed by atoms with Gasteiger partial charge >= 0.3 is 5.97 Å². The summed E-state index contributed by atoms with van der Waals surface area (Å²) >= 11 is 1.52. The lowest BCUT2D eigenvalue weighted by atomic mass is 9.98. The van der Waals surface area contributed by atoms with Crippen molar-refractivity contribution in [2.75, 3.05) is 0 Å². The van der Waals surface area contributed by atoms with Crippen molar-refractivity contribution < 1.29 is 9.53 Å². The third-order valence-electron chi connectivity index (χ3n) is 4.51. The molecule has 0 bridgehead atoms. The van der Waals surface area contributed by atoms with Gasteiger partial charge in [0.05, 0.1) is 10.9 Å². The number of fused-ring (bicyclic) bond motifs is 1. The number of carbonyl (C=O) groups is 1. The second-order valence-electron chi connectivity index (χ2n) is 6.49. The van der Waals surface area contributed by atoms with Crippen LogP contribution in [-0.4, -0.2) is 15.9 Å². The van der Waals surface area contributed by atoms with Crippen molar-refractivity contribution in [1.82, 2.24) is 9.97 Å². The summed E-state index contributed by atoms with van der Waals surface area (Å²) in [6, 6.07) is 8.75. The van der Waals surface area contributed by atoms with Crippen LogP contribution in [0.25, 0.3) is 10.2 Å². The molecule has 5 nitrogen and oxygen atoms in total. The number of hydrogen-bond acceptors (Lipinski definition) is 5. The summed E-state index contributed by atoms with van der Waals surface area (Å²) in [6.45, 7) is 6.30. The van der Waals surface area contributed by atoms with Crippen molar-refractivity contribution >= 4 is 27.5 Å². The minimum Gasteiger partial charge on any atom is -0.454 e. The molecule has 3 rings (SSSR count). The smallest absolute Gasteiger partial charge is 0.338 e. The Hall–Kier alpha value is -2.47. The third-order valence-corrected chi connectivity index (χ3v) is 5.55. The molecule has 26 heavy (non-hydrogen) atoms. The summed E-state index contributed by atoms with van der Waals surface area (Å²) in [5.74, 6) is 0.439. The third kappa shape index (κ3) is 3.85. The van der Waals surface area contributed by atoms with E-state index in [9.17, 15) is 9.59 Å². The van der Waals surface area contributed by atoms with Gasteiger partial charge in [-0.25, -0.2) is 9.78 Å². The molecule has 2 aromatic heterocycles. The summed E-state index contributed by atoms with van der Waals surface area (Å²) in [5.41, 5.74) is 1.39. The van der Waals surface area contributed by atoms with Gasteiger partial charge in [0.1, 0.15) is 17.3 Å². The molecular weight excluding hydrogens is 348 g/mol. The Balaban J connectivity index is 1.83. The Bertz CT molecular complexity index is 976. The second kappa shape index (κ2) is 7.83. The van der Waals surface area contributed by atoms with E-state index in [1.54, 1.807) is 24.3 Å². The Labute approximate surface area is 156 Å². The van der Waals surface area contributed by atoms with Crippen LogP contribution in [0.5, 0.6) is 0 Å². The lowest BCUT2D eigenvalue weighted by molar-refractivity contribution is 0.0462. The van der Waals surface area contributed by atoms with Gasteiger partial charge in [0.25, 0.3) is 5.56 Å². The molecule has 0 aliphatic heterocycles. The minimum atomic E-state index is -0.437. The lowest BCUT2D eigenvalue weighted by Crippen LogP contribution is -2.15. The van der Waals surface area contributed by atoms with Gasteiger partial charge in [0.15, 0.2) is 0 Å². The van der Waals surface area contributed by atoms with Gasteiger partial charge in [0, 0.05) is 4.88 Å². The SMILES string of the molecule is CC[C@@H](C)Cc1c(C)sc2nc(COC(=O)c3ccccc3)[nH]c(=O)c12. The molecular formula is C20H22N2O3S. The predicted octanol–water partition coefficient (Wildman–Crippen LogP) is 4.24. The number of rotatable bonds is 6. The van der Waals surface area contributed by atoms with Crippen LogP contribution in [0.4, 0.5) is 0 Å². The Morgan fingerprint density at radius 1 is 1.31 bits per heavy atom. The molecule has 2 heterocycles. The molecule has 1 N–H and O–H groups in total. The van der Waals surface area contributed by atoms with Crippen molar-refractivity contribution in [3.8, 4) is 0 Å². The quantitative estimate of drug-likeness (QED) is 0.659. The monoisotopic (exact) mass is 370 g/mol. The standard InChI is InChI=1S/C20H22N2O3S/c1-4-12(2)10-15-13(3)26-19-17(15)18(23)21-16(22-19)11-25-20(24)14-8-6-5-7-9-14/h5-9,12H,4,10-11H2,1-3H3,(H,21,22,23)/t12-/m1/s1. The number of nitrogens with one attached hydrogen (secondary N) is 1. The number of esters is 1. The molecule has 0 saturated carbocycles.